The first-order valence-corrected chi connectivity index (χ1v) is 9.21. The number of carbonyl (C=O) groups excluding carboxylic acids is 1. The summed E-state index contributed by atoms with van der Waals surface area (Å²) in [6.07, 6.45) is -1.04. The van der Waals surface area contributed by atoms with Crippen molar-refractivity contribution in [2.24, 2.45) is 0 Å². The molecule has 0 radical (unpaired) electrons. The van der Waals surface area contributed by atoms with E-state index in [2.05, 4.69) is 5.32 Å². The summed E-state index contributed by atoms with van der Waals surface area (Å²) in [4.78, 5) is 34.3. The topological polar surface area (TPSA) is 128 Å². The van der Waals surface area contributed by atoms with Crippen LogP contribution in [0, 0.1) is 10.1 Å². The third-order valence-corrected chi connectivity index (χ3v) is 3.89. The lowest BCUT2D eigenvalue weighted by molar-refractivity contribution is -0.386. The van der Waals surface area contributed by atoms with Crippen molar-refractivity contribution < 1.29 is 29.1 Å². The van der Waals surface area contributed by atoms with E-state index in [-0.39, 0.29) is 24.5 Å². The normalized spacial score (nSPS) is 12.0. The van der Waals surface area contributed by atoms with Crippen molar-refractivity contribution >= 4 is 17.7 Å². The van der Waals surface area contributed by atoms with E-state index >= 15 is 0 Å². The Kier molecular flexibility index (Phi) is 7.35. The first kappa shape index (κ1) is 22.7. The monoisotopic (exact) mass is 416 g/mol. The van der Waals surface area contributed by atoms with E-state index in [0.717, 1.165) is 5.56 Å². The fourth-order valence-electron chi connectivity index (χ4n) is 2.58. The van der Waals surface area contributed by atoms with Crippen LogP contribution in [0.4, 0.5) is 10.5 Å². The zero-order chi connectivity index (χ0) is 22.3. The summed E-state index contributed by atoms with van der Waals surface area (Å²) in [5, 5.41) is 23.1. The molecule has 2 N–H and O–H groups in total. The number of nitrogens with zero attached hydrogens (tertiary/aromatic N) is 1. The van der Waals surface area contributed by atoms with Crippen LogP contribution in [-0.2, 0) is 22.6 Å². The summed E-state index contributed by atoms with van der Waals surface area (Å²) < 4.78 is 10.6. The molecule has 2 aromatic carbocycles. The van der Waals surface area contributed by atoms with Crippen molar-refractivity contribution in [3.8, 4) is 5.75 Å². The number of nitrogens with one attached hydrogen (secondary N) is 1. The average Bonchev–Trinajstić information content (AvgIpc) is 2.65. The van der Waals surface area contributed by atoms with Crippen LogP contribution in [0.5, 0.6) is 5.75 Å². The molecule has 9 nitrogen and oxygen atoms in total. The van der Waals surface area contributed by atoms with Gasteiger partial charge in [0.2, 0.25) is 0 Å². The second-order valence-electron chi connectivity index (χ2n) is 7.57. The largest absolute Gasteiger partial charge is 0.482 e. The van der Waals surface area contributed by atoms with Gasteiger partial charge in [0, 0.05) is 12.5 Å². The van der Waals surface area contributed by atoms with Gasteiger partial charge in [-0.15, -0.1) is 0 Å². The molecule has 9 heteroatoms. The number of benzene rings is 2. The van der Waals surface area contributed by atoms with Crippen molar-refractivity contribution in [3.05, 3.63) is 69.8 Å². The zero-order valence-corrected chi connectivity index (χ0v) is 17.0. The maximum Gasteiger partial charge on any atom is 0.408 e. The second kappa shape index (κ2) is 9.73. The molecular weight excluding hydrogens is 392 g/mol. The van der Waals surface area contributed by atoms with Gasteiger partial charge >= 0.3 is 17.7 Å². The first-order chi connectivity index (χ1) is 14.0. The standard InChI is InChI=1S/C21H24N2O7/c1-21(2,3)30-20(26)22-16(19(24)25)11-15-9-10-18(17(12-15)23(27)28)29-13-14-7-5-4-6-8-14/h4-10,12,16H,11,13H2,1-3H3,(H,22,26)(H,24,25)/t16-/m0/s1. The van der Waals surface area contributed by atoms with Gasteiger partial charge in [0.25, 0.3) is 0 Å². The maximum absolute atomic E-state index is 11.9. The van der Waals surface area contributed by atoms with Crippen LogP contribution >= 0.6 is 0 Å². The number of aliphatic carboxylic acids is 1. The molecule has 0 spiro atoms. The molecule has 0 fully saturated rings. The molecular formula is C21H24N2O7. The molecule has 0 saturated carbocycles. The van der Waals surface area contributed by atoms with Gasteiger partial charge in [-0.3, -0.25) is 10.1 Å². The predicted molar refractivity (Wildman–Crippen MR) is 108 cm³/mol. The quantitative estimate of drug-likeness (QED) is 0.496. The maximum atomic E-state index is 11.9. The molecule has 30 heavy (non-hydrogen) atoms. The third kappa shape index (κ3) is 7.08. The van der Waals surface area contributed by atoms with Crippen molar-refractivity contribution in [3.63, 3.8) is 0 Å². The number of ether oxygens (including phenoxy) is 2. The van der Waals surface area contributed by atoms with Gasteiger partial charge in [-0.2, -0.15) is 0 Å². The van der Waals surface area contributed by atoms with E-state index in [1.54, 1.807) is 20.8 Å². The Hall–Kier alpha value is -3.62. The van der Waals surface area contributed by atoms with Crippen LogP contribution in [0.25, 0.3) is 0 Å². The first-order valence-electron chi connectivity index (χ1n) is 9.21. The molecule has 0 aliphatic rings. The van der Waals surface area contributed by atoms with E-state index in [1.165, 1.54) is 18.2 Å². The van der Waals surface area contributed by atoms with E-state index in [1.807, 2.05) is 30.3 Å². The Bertz CT molecular complexity index is 907. The lowest BCUT2D eigenvalue weighted by atomic mass is 10.0. The summed E-state index contributed by atoms with van der Waals surface area (Å²) in [7, 11) is 0. The highest BCUT2D eigenvalue weighted by atomic mass is 16.6. The highest BCUT2D eigenvalue weighted by Crippen LogP contribution is 2.29. The third-order valence-electron chi connectivity index (χ3n) is 3.89. The lowest BCUT2D eigenvalue weighted by Gasteiger charge is -2.22. The van der Waals surface area contributed by atoms with E-state index in [0.29, 0.717) is 5.56 Å². The summed E-state index contributed by atoms with van der Waals surface area (Å²) in [6, 6.07) is 12.1. The Labute approximate surface area is 173 Å². The van der Waals surface area contributed by atoms with Crippen LogP contribution < -0.4 is 10.1 Å². The predicted octanol–water partition coefficient (Wildman–Crippen LogP) is 3.69. The summed E-state index contributed by atoms with van der Waals surface area (Å²) in [5.41, 5.74) is 0.134. The van der Waals surface area contributed by atoms with Gasteiger partial charge in [-0.05, 0) is 38.0 Å². The van der Waals surface area contributed by atoms with Crippen molar-refractivity contribution in [2.45, 2.75) is 45.4 Å². The minimum absolute atomic E-state index is 0.0691. The number of nitro benzene ring substituents is 1. The molecule has 0 aromatic heterocycles. The minimum Gasteiger partial charge on any atom is -0.482 e. The summed E-state index contributed by atoms with van der Waals surface area (Å²) >= 11 is 0. The Morgan fingerprint density at radius 1 is 1.13 bits per heavy atom. The van der Waals surface area contributed by atoms with Crippen LogP contribution in [-0.4, -0.2) is 33.7 Å². The highest BCUT2D eigenvalue weighted by Gasteiger charge is 2.25. The molecule has 1 amide bonds. The Morgan fingerprint density at radius 3 is 2.37 bits per heavy atom. The smallest absolute Gasteiger partial charge is 0.408 e. The van der Waals surface area contributed by atoms with E-state index in [4.69, 9.17) is 9.47 Å². The fraction of sp³-hybridized carbons (Fsp3) is 0.333. The Balaban J connectivity index is 2.14. The average molecular weight is 416 g/mol. The number of hydrogen-bond donors (Lipinski definition) is 2. The molecule has 2 rings (SSSR count). The molecule has 160 valence electrons. The van der Waals surface area contributed by atoms with E-state index < -0.39 is 28.6 Å². The number of carboxylic acid groups (broad SMARTS) is 1. The van der Waals surface area contributed by atoms with Gasteiger partial charge in [0.15, 0.2) is 5.75 Å². The van der Waals surface area contributed by atoms with Crippen LogP contribution in [0.3, 0.4) is 0 Å². The highest BCUT2D eigenvalue weighted by molar-refractivity contribution is 5.80. The van der Waals surface area contributed by atoms with Crippen molar-refractivity contribution in [1.29, 1.82) is 0 Å². The van der Waals surface area contributed by atoms with Gasteiger partial charge < -0.3 is 19.9 Å². The fourth-order valence-corrected chi connectivity index (χ4v) is 2.58. The number of rotatable bonds is 8. The van der Waals surface area contributed by atoms with Crippen molar-refractivity contribution in [2.75, 3.05) is 0 Å². The number of carboxylic acids is 1. The minimum atomic E-state index is -1.31. The summed E-state index contributed by atoms with van der Waals surface area (Å²) in [5.74, 6) is -1.22. The molecule has 0 saturated heterocycles. The van der Waals surface area contributed by atoms with Gasteiger partial charge in [-0.25, -0.2) is 9.59 Å². The molecule has 1 atom stereocenters. The SMILES string of the molecule is CC(C)(C)OC(=O)N[C@@H](Cc1ccc(OCc2ccccc2)c([N+](=O)[O-])c1)C(=O)O. The van der Waals surface area contributed by atoms with Crippen molar-refractivity contribution in [1.82, 2.24) is 5.32 Å². The van der Waals surface area contributed by atoms with Crippen LogP contribution in [0.2, 0.25) is 0 Å². The van der Waals surface area contributed by atoms with Crippen LogP contribution in [0.15, 0.2) is 48.5 Å². The number of nitro groups is 1. The van der Waals surface area contributed by atoms with E-state index in [9.17, 15) is 24.8 Å². The molecule has 0 heterocycles. The number of carbonyl (C=O) groups is 2. The lowest BCUT2D eigenvalue weighted by Crippen LogP contribution is -2.44. The number of alkyl carbamates (subject to hydrolysis) is 1. The second-order valence-corrected chi connectivity index (χ2v) is 7.57. The molecule has 2 aromatic rings. The zero-order valence-electron chi connectivity index (χ0n) is 17.0. The molecule has 0 aliphatic heterocycles. The summed E-state index contributed by atoms with van der Waals surface area (Å²) in [6.45, 7) is 5.11. The van der Waals surface area contributed by atoms with Gasteiger partial charge in [-0.1, -0.05) is 36.4 Å². The van der Waals surface area contributed by atoms with Crippen LogP contribution in [0.1, 0.15) is 31.9 Å². The van der Waals surface area contributed by atoms with Gasteiger partial charge in [0.05, 0.1) is 4.92 Å². The van der Waals surface area contributed by atoms with Gasteiger partial charge in [0.1, 0.15) is 18.2 Å². The Morgan fingerprint density at radius 2 is 1.80 bits per heavy atom. The number of hydrogen-bond acceptors (Lipinski definition) is 6. The molecule has 0 bridgehead atoms. The number of amides is 1. The molecule has 0 aliphatic carbocycles. The molecule has 0 unspecified atom stereocenters.